The van der Waals surface area contributed by atoms with Gasteiger partial charge in [0.05, 0.1) is 4.90 Å². The first kappa shape index (κ1) is 14.5. The Kier molecular flexibility index (Phi) is 5.45. The van der Waals surface area contributed by atoms with Crippen molar-refractivity contribution in [1.82, 2.24) is 4.72 Å². The van der Waals surface area contributed by atoms with Gasteiger partial charge < -0.3 is 5.73 Å². The van der Waals surface area contributed by atoms with E-state index in [0.29, 0.717) is 11.8 Å². The van der Waals surface area contributed by atoms with Crippen molar-refractivity contribution in [3.8, 4) is 0 Å². The van der Waals surface area contributed by atoms with Crippen LogP contribution in [0.25, 0.3) is 0 Å². The van der Waals surface area contributed by atoms with E-state index in [2.05, 4.69) is 18.6 Å². The number of sulfonamides is 1. The van der Waals surface area contributed by atoms with Crippen LogP contribution in [0, 0.1) is 0 Å². The largest absolute Gasteiger partial charge is 0.329 e. The molecule has 96 valence electrons. The van der Waals surface area contributed by atoms with E-state index < -0.39 is 10.0 Å². The summed E-state index contributed by atoms with van der Waals surface area (Å²) in [6, 6.07) is 6.87. The minimum absolute atomic E-state index is 0.255. The minimum Gasteiger partial charge on any atom is -0.329 e. The van der Waals surface area contributed by atoms with Crippen molar-refractivity contribution in [2.24, 2.45) is 5.73 Å². The maximum atomic E-state index is 11.8. The molecule has 0 aromatic heterocycles. The van der Waals surface area contributed by atoms with Gasteiger partial charge in [-0.3, -0.25) is 0 Å². The van der Waals surface area contributed by atoms with E-state index in [4.69, 9.17) is 5.73 Å². The molecule has 1 rings (SSSR count). The van der Waals surface area contributed by atoms with Gasteiger partial charge in [0, 0.05) is 23.2 Å². The van der Waals surface area contributed by atoms with Crippen molar-refractivity contribution in [3.63, 3.8) is 0 Å². The van der Waals surface area contributed by atoms with E-state index >= 15 is 0 Å². The fraction of sp³-hybridized carbons (Fsp3) is 0.455. The third-order valence-electron chi connectivity index (χ3n) is 1.94. The summed E-state index contributed by atoms with van der Waals surface area (Å²) in [6.07, 6.45) is 0. The highest BCUT2D eigenvalue weighted by molar-refractivity contribution is 7.99. The maximum Gasteiger partial charge on any atom is 0.240 e. The molecular formula is C11H18N2O2S2. The Bertz CT molecular complexity index is 441. The van der Waals surface area contributed by atoms with Crippen LogP contribution in [0.4, 0.5) is 0 Å². The molecule has 0 radical (unpaired) electrons. The van der Waals surface area contributed by atoms with E-state index in [-0.39, 0.29) is 11.4 Å². The Balaban J connectivity index is 2.80. The van der Waals surface area contributed by atoms with Crippen LogP contribution < -0.4 is 10.5 Å². The second-order valence-corrected chi connectivity index (χ2v) is 7.24. The van der Waals surface area contributed by atoms with Gasteiger partial charge in [-0.05, 0) is 24.3 Å². The van der Waals surface area contributed by atoms with Crippen LogP contribution in [0.1, 0.15) is 13.8 Å². The van der Waals surface area contributed by atoms with Crippen LogP contribution in [0.2, 0.25) is 0 Å². The Morgan fingerprint density at radius 3 is 2.35 bits per heavy atom. The zero-order valence-electron chi connectivity index (χ0n) is 10.0. The van der Waals surface area contributed by atoms with E-state index in [9.17, 15) is 8.42 Å². The van der Waals surface area contributed by atoms with Gasteiger partial charge in [0.25, 0.3) is 0 Å². The molecule has 0 aliphatic rings. The molecule has 4 nitrogen and oxygen atoms in total. The lowest BCUT2D eigenvalue weighted by Crippen LogP contribution is -2.29. The van der Waals surface area contributed by atoms with Gasteiger partial charge in [-0.15, -0.1) is 11.8 Å². The number of benzene rings is 1. The molecule has 6 heteroatoms. The molecule has 0 bridgehead atoms. The van der Waals surface area contributed by atoms with Crippen LogP contribution in [0.5, 0.6) is 0 Å². The number of nitrogens with one attached hydrogen (secondary N) is 1. The summed E-state index contributed by atoms with van der Waals surface area (Å²) < 4.78 is 25.9. The monoisotopic (exact) mass is 274 g/mol. The predicted octanol–water partition coefficient (Wildman–Crippen LogP) is 1.42. The van der Waals surface area contributed by atoms with E-state index in [1.165, 1.54) is 0 Å². The van der Waals surface area contributed by atoms with Gasteiger partial charge in [-0.25, -0.2) is 13.1 Å². The van der Waals surface area contributed by atoms with Crippen molar-refractivity contribution in [1.29, 1.82) is 0 Å². The predicted molar refractivity (Wildman–Crippen MR) is 71.7 cm³/mol. The van der Waals surface area contributed by atoms with Gasteiger partial charge in [-0.1, -0.05) is 13.8 Å². The number of nitrogens with two attached hydrogens (primary N) is 1. The van der Waals surface area contributed by atoms with Crippen molar-refractivity contribution in [2.75, 3.05) is 13.1 Å². The van der Waals surface area contributed by atoms with Gasteiger partial charge in [0.1, 0.15) is 0 Å². The summed E-state index contributed by atoms with van der Waals surface area (Å²) in [4.78, 5) is 1.34. The SMILES string of the molecule is CC(C)Sc1ccc(S(=O)(=O)NCCN)cc1. The van der Waals surface area contributed by atoms with Crippen LogP contribution in [0.3, 0.4) is 0 Å². The molecule has 0 saturated heterocycles. The summed E-state index contributed by atoms with van der Waals surface area (Å²) in [5.74, 6) is 0. The van der Waals surface area contributed by atoms with Crippen LogP contribution in [-0.2, 0) is 10.0 Å². The quantitative estimate of drug-likeness (QED) is 0.770. The zero-order valence-corrected chi connectivity index (χ0v) is 11.6. The Hall–Kier alpha value is -0.560. The summed E-state index contributed by atoms with van der Waals surface area (Å²) in [5, 5.41) is 0.479. The maximum absolute atomic E-state index is 11.8. The summed E-state index contributed by atoms with van der Waals surface area (Å²) >= 11 is 1.70. The number of hydrogen-bond acceptors (Lipinski definition) is 4. The smallest absolute Gasteiger partial charge is 0.240 e. The third-order valence-corrected chi connectivity index (χ3v) is 4.43. The molecule has 1 aromatic carbocycles. The van der Waals surface area contributed by atoms with Crippen molar-refractivity contribution >= 4 is 21.8 Å². The minimum atomic E-state index is -3.41. The van der Waals surface area contributed by atoms with Gasteiger partial charge in [0.15, 0.2) is 0 Å². The number of hydrogen-bond donors (Lipinski definition) is 2. The van der Waals surface area contributed by atoms with Gasteiger partial charge >= 0.3 is 0 Å². The Morgan fingerprint density at radius 1 is 1.29 bits per heavy atom. The normalized spacial score (nSPS) is 12.0. The second-order valence-electron chi connectivity index (χ2n) is 3.82. The average molecular weight is 274 g/mol. The van der Waals surface area contributed by atoms with E-state index in [1.54, 1.807) is 23.9 Å². The van der Waals surface area contributed by atoms with Crippen molar-refractivity contribution in [2.45, 2.75) is 28.9 Å². The molecule has 0 aliphatic carbocycles. The molecule has 3 N–H and O–H groups in total. The highest BCUT2D eigenvalue weighted by Crippen LogP contribution is 2.23. The topological polar surface area (TPSA) is 72.2 Å². The van der Waals surface area contributed by atoms with Crippen LogP contribution >= 0.6 is 11.8 Å². The van der Waals surface area contributed by atoms with E-state index in [1.807, 2.05) is 12.1 Å². The third kappa shape index (κ3) is 4.67. The molecule has 0 heterocycles. The molecule has 0 atom stereocenters. The number of rotatable bonds is 6. The lowest BCUT2D eigenvalue weighted by molar-refractivity contribution is 0.582. The van der Waals surface area contributed by atoms with Crippen molar-refractivity contribution < 1.29 is 8.42 Å². The Morgan fingerprint density at radius 2 is 1.88 bits per heavy atom. The van der Waals surface area contributed by atoms with Crippen LogP contribution in [-0.4, -0.2) is 26.8 Å². The molecule has 17 heavy (non-hydrogen) atoms. The first-order valence-corrected chi connectivity index (χ1v) is 7.78. The highest BCUT2D eigenvalue weighted by Gasteiger charge is 2.12. The van der Waals surface area contributed by atoms with E-state index in [0.717, 1.165) is 4.90 Å². The molecular weight excluding hydrogens is 256 g/mol. The molecule has 1 aromatic rings. The highest BCUT2D eigenvalue weighted by atomic mass is 32.2. The number of thioether (sulfide) groups is 1. The molecule has 0 aliphatic heterocycles. The molecule has 0 saturated carbocycles. The van der Waals surface area contributed by atoms with Crippen molar-refractivity contribution in [3.05, 3.63) is 24.3 Å². The summed E-state index contributed by atoms with van der Waals surface area (Å²) in [7, 11) is -3.41. The zero-order chi connectivity index (χ0) is 12.9. The fourth-order valence-corrected chi connectivity index (χ4v) is 3.13. The Labute approximate surface area is 107 Å². The van der Waals surface area contributed by atoms with Crippen LogP contribution in [0.15, 0.2) is 34.1 Å². The molecule has 0 fully saturated rings. The van der Waals surface area contributed by atoms with Gasteiger partial charge in [-0.2, -0.15) is 0 Å². The fourth-order valence-electron chi connectivity index (χ4n) is 1.25. The first-order valence-electron chi connectivity index (χ1n) is 5.42. The summed E-state index contributed by atoms with van der Waals surface area (Å²) in [5.41, 5.74) is 5.26. The standard InChI is InChI=1S/C11H18N2O2S2/c1-9(2)16-10-3-5-11(6-4-10)17(14,15)13-8-7-12/h3-6,9,13H,7-8,12H2,1-2H3. The lowest BCUT2D eigenvalue weighted by atomic mass is 10.4. The lowest BCUT2D eigenvalue weighted by Gasteiger charge is -2.07. The first-order chi connectivity index (χ1) is 7.95. The second kappa shape index (κ2) is 6.39. The summed E-state index contributed by atoms with van der Waals surface area (Å²) in [6.45, 7) is 4.74. The molecule has 0 amide bonds. The molecule has 0 unspecified atom stereocenters. The average Bonchev–Trinajstić information content (AvgIpc) is 2.26. The molecule has 0 spiro atoms. The van der Waals surface area contributed by atoms with Gasteiger partial charge in [0.2, 0.25) is 10.0 Å².